The molecule has 4 heteroatoms. The first-order valence-electron chi connectivity index (χ1n) is 6.52. The first-order chi connectivity index (χ1) is 10.1. The summed E-state index contributed by atoms with van der Waals surface area (Å²) in [5.74, 6) is -0.391. The Balaban J connectivity index is 2.19. The zero-order valence-corrected chi connectivity index (χ0v) is 11.9. The Labute approximate surface area is 123 Å². The van der Waals surface area contributed by atoms with Crippen molar-refractivity contribution in [1.82, 2.24) is 0 Å². The molecule has 0 aliphatic heterocycles. The van der Waals surface area contributed by atoms with Gasteiger partial charge in [-0.1, -0.05) is 42.0 Å². The van der Waals surface area contributed by atoms with Gasteiger partial charge in [-0.25, -0.2) is 0 Å². The van der Waals surface area contributed by atoms with Gasteiger partial charge >= 0.3 is 0 Å². The zero-order valence-electron chi connectivity index (χ0n) is 11.9. The van der Waals surface area contributed by atoms with Crippen LogP contribution in [0.5, 0.6) is 0 Å². The number of carbonyl (C=O) groups excluding carboxylic acids is 1. The van der Waals surface area contributed by atoms with E-state index in [1.165, 1.54) is 0 Å². The summed E-state index contributed by atoms with van der Waals surface area (Å²) in [5, 5.41) is 13.0. The molecule has 0 unspecified atom stereocenters. The van der Waals surface area contributed by atoms with Crippen molar-refractivity contribution in [2.75, 3.05) is 5.43 Å². The minimum absolute atomic E-state index is 0.166. The molecule has 2 rings (SSSR count). The van der Waals surface area contributed by atoms with E-state index < -0.39 is 5.78 Å². The molecule has 2 aromatic rings. The van der Waals surface area contributed by atoms with Gasteiger partial charge in [-0.15, -0.1) is 0 Å². The van der Waals surface area contributed by atoms with E-state index >= 15 is 0 Å². The van der Waals surface area contributed by atoms with Crippen LogP contribution in [0.4, 0.5) is 5.69 Å². The Morgan fingerprint density at radius 1 is 1.10 bits per heavy atom. The fraction of sp³-hybridized carbons (Fsp3) is 0.118. The average molecular weight is 277 g/mol. The number of hydrogen-bond acceptors (Lipinski definition) is 4. The molecule has 0 spiro atoms. The van der Waals surface area contributed by atoms with E-state index in [0.717, 1.165) is 16.8 Å². The highest BCUT2D eigenvalue weighted by molar-refractivity contribution is 6.51. The standard InChI is InChI=1S/C17H15N3O/c1-12-6-8-14(9-7-12)17(21)16(11-18)20-19-15-5-3-4-13(2)10-15/h3-10,19H,1-2H3/b20-16+. The van der Waals surface area contributed by atoms with Crippen molar-refractivity contribution in [3.05, 3.63) is 65.2 Å². The Kier molecular flexibility index (Phi) is 4.47. The molecule has 0 bridgehead atoms. The molecule has 0 aliphatic carbocycles. The van der Waals surface area contributed by atoms with Crippen molar-refractivity contribution < 1.29 is 4.79 Å². The van der Waals surface area contributed by atoms with Gasteiger partial charge in [0, 0.05) is 5.56 Å². The number of nitrogens with zero attached hydrogens (tertiary/aromatic N) is 2. The quantitative estimate of drug-likeness (QED) is 0.528. The third kappa shape index (κ3) is 3.77. The molecule has 0 saturated carbocycles. The summed E-state index contributed by atoms with van der Waals surface area (Å²) in [5.41, 5.74) is 5.89. The molecule has 2 aromatic carbocycles. The van der Waals surface area contributed by atoms with Crippen LogP contribution in [0.2, 0.25) is 0 Å². The second-order valence-corrected chi connectivity index (χ2v) is 4.75. The first-order valence-corrected chi connectivity index (χ1v) is 6.52. The van der Waals surface area contributed by atoms with Gasteiger partial charge in [-0.2, -0.15) is 10.4 Å². The summed E-state index contributed by atoms with van der Waals surface area (Å²) in [6, 6.07) is 16.4. The lowest BCUT2D eigenvalue weighted by molar-refractivity contribution is 0.106. The molecule has 104 valence electrons. The molecule has 0 radical (unpaired) electrons. The second-order valence-electron chi connectivity index (χ2n) is 4.75. The second kappa shape index (κ2) is 6.49. The highest BCUT2D eigenvalue weighted by Crippen LogP contribution is 2.10. The van der Waals surface area contributed by atoms with Gasteiger partial charge in [0.15, 0.2) is 0 Å². The topological polar surface area (TPSA) is 65.2 Å². The Morgan fingerprint density at radius 2 is 1.81 bits per heavy atom. The fourth-order valence-corrected chi connectivity index (χ4v) is 1.80. The van der Waals surface area contributed by atoms with Crippen LogP contribution in [-0.2, 0) is 0 Å². The number of nitrogens with one attached hydrogen (secondary N) is 1. The largest absolute Gasteiger partial charge is 0.286 e. The summed E-state index contributed by atoms with van der Waals surface area (Å²) < 4.78 is 0. The summed E-state index contributed by atoms with van der Waals surface area (Å²) in [6.45, 7) is 3.89. The maximum absolute atomic E-state index is 12.2. The number of anilines is 1. The van der Waals surface area contributed by atoms with Crippen LogP contribution in [0, 0.1) is 25.2 Å². The summed E-state index contributed by atoms with van der Waals surface area (Å²) in [7, 11) is 0. The smallest absolute Gasteiger partial charge is 0.223 e. The Morgan fingerprint density at radius 3 is 2.43 bits per heavy atom. The molecule has 21 heavy (non-hydrogen) atoms. The van der Waals surface area contributed by atoms with E-state index in [0.29, 0.717) is 5.56 Å². The molecule has 0 saturated heterocycles. The lowest BCUT2D eigenvalue weighted by Crippen LogP contribution is -2.14. The Hall–Kier alpha value is -2.93. The predicted molar refractivity (Wildman–Crippen MR) is 83.4 cm³/mol. The number of Topliss-reactive ketones (excluding diaryl/α,β-unsaturated/α-hetero) is 1. The number of nitriles is 1. The van der Waals surface area contributed by atoms with Gasteiger partial charge in [0.1, 0.15) is 6.07 Å². The number of rotatable bonds is 4. The van der Waals surface area contributed by atoms with Crippen LogP contribution < -0.4 is 5.43 Å². The van der Waals surface area contributed by atoms with Gasteiger partial charge in [-0.3, -0.25) is 10.2 Å². The van der Waals surface area contributed by atoms with E-state index in [-0.39, 0.29) is 5.71 Å². The van der Waals surface area contributed by atoms with Crippen molar-refractivity contribution in [2.45, 2.75) is 13.8 Å². The number of benzene rings is 2. The van der Waals surface area contributed by atoms with Crippen LogP contribution in [0.25, 0.3) is 0 Å². The van der Waals surface area contributed by atoms with Crippen molar-refractivity contribution in [3.63, 3.8) is 0 Å². The molecule has 0 atom stereocenters. The van der Waals surface area contributed by atoms with Gasteiger partial charge in [0.25, 0.3) is 0 Å². The molecular formula is C17H15N3O. The predicted octanol–water partition coefficient (Wildman–Crippen LogP) is 3.48. The highest BCUT2D eigenvalue weighted by atomic mass is 16.1. The minimum atomic E-state index is -0.391. The van der Waals surface area contributed by atoms with E-state index in [4.69, 9.17) is 5.26 Å². The molecular weight excluding hydrogens is 262 g/mol. The Bertz CT molecular complexity index is 724. The third-order valence-electron chi connectivity index (χ3n) is 2.95. The molecule has 0 aromatic heterocycles. The lowest BCUT2D eigenvalue weighted by atomic mass is 10.1. The van der Waals surface area contributed by atoms with Crippen LogP contribution in [0.3, 0.4) is 0 Å². The summed E-state index contributed by atoms with van der Waals surface area (Å²) in [6.07, 6.45) is 0. The highest BCUT2D eigenvalue weighted by Gasteiger charge is 2.13. The van der Waals surface area contributed by atoms with Gasteiger partial charge in [0.2, 0.25) is 11.5 Å². The number of hydrazone groups is 1. The zero-order chi connectivity index (χ0) is 15.2. The molecule has 0 fully saturated rings. The molecule has 0 aliphatic rings. The van der Waals surface area contributed by atoms with Crippen LogP contribution in [0.1, 0.15) is 21.5 Å². The first kappa shape index (κ1) is 14.5. The lowest BCUT2D eigenvalue weighted by Gasteiger charge is -2.03. The maximum atomic E-state index is 12.2. The number of hydrogen-bond donors (Lipinski definition) is 1. The van der Waals surface area contributed by atoms with Gasteiger partial charge < -0.3 is 0 Å². The number of aryl methyl sites for hydroxylation is 2. The molecule has 0 heterocycles. The van der Waals surface area contributed by atoms with E-state index in [2.05, 4.69) is 10.5 Å². The minimum Gasteiger partial charge on any atom is -0.286 e. The summed E-state index contributed by atoms with van der Waals surface area (Å²) >= 11 is 0. The van der Waals surface area contributed by atoms with Crippen LogP contribution in [-0.4, -0.2) is 11.5 Å². The fourth-order valence-electron chi connectivity index (χ4n) is 1.80. The van der Waals surface area contributed by atoms with E-state index in [1.54, 1.807) is 12.1 Å². The van der Waals surface area contributed by atoms with Crippen molar-refractivity contribution in [2.24, 2.45) is 5.10 Å². The van der Waals surface area contributed by atoms with Crippen LogP contribution >= 0.6 is 0 Å². The van der Waals surface area contributed by atoms with Gasteiger partial charge in [-0.05, 0) is 31.5 Å². The number of carbonyl (C=O) groups is 1. The normalized spacial score (nSPS) is 10.8. The van der Waals surface area contributed by atoms with Gasteiger partial charge in [0.05, 0.1) is 5.69 Å². The number of ketones is 1. The average Bonchev–Trinajstić information content (AvgIpc) is 2.48. The van der Waals surface area contributed by atoms with Crippen LogP contribution in [0.15, 0.2) is 53.6 Å². The SMILES string of the molecule is Cc1ccc(C(=O)/C(C#N)=N/Nc2cccc(C)c2)cc1. The molecule has 0 amide bonds. The molecule has 4 nitrogen and oxygen atoms in total. The van der Waals surface area contributed by atoms with E-state index in [1.807, 2.05) is 56.3 Å². The maximum Gasteiger partial charge on any atom is 0.223 e. The van der Waals surface area contributed by atoms with Crippen molar-refractivity contribution >= 4 is 17.2 Å². The van der Waals surface area contributed by atoms with Crippen molar-refractivity contribution in [1.29, 1.82) is 5.26 Å². The monoisotopic (exact) mass is 277 g/mol. The van der Waals surface area contributed by atoms with Crippen molar-refractivity contribution in [3.8, 4) is 6.07 Å². The third-order valence-corrected chi connectivity index (χ3v) is 2.95. The van der Waals surface area contributed by atoms with E-state index in [9.17, 15) is 4.79 Å². The molecule has 1 N–H and O–H groups in total. The summed E-state index contributed by atoms with van der Waals surface area (Å²) in [4.78, 5) is 12.2.